The number of ether oxygens (including phenoxy) is 1. The van der Waals surface area contributed by atoms with Crippen molar-refractivity contribution in [2.75, 3.05) is 40.3 Å². The molecule has 9 heteroatoms. The van der Waals surface area contributed by atoms with Gasteiger partial charge in [-0.3, -0.25) is 19.2 Å². The minimum absolute atomic E-state index is 0.0910. The fraction of sp³-hybridized carbons (Fsp3) is 0.545. The zero-order chi connectivity index (χ0) is 22.1. The van der Waals surface area contributed by atoms with Crippen molar-refractivity contribution in [3.63, 3.8) is 0 Å². The summed E-state index contributed by atoms with van der Waals surface area (Å²) in [5.41, 5.74) is 1.13. The molecule has 0 bridgehead atoms. The van der Waals surface area contributed by atoms with E-state index in [1.165, 1.54) is 11.9 Å². The molecule has 0 radical (unpaired) electrons. The number of carbonyl (C=O) groups is 2. The van der Waals surface area contributed by atoms with E-state index in [1.807, 2.05) is 36.1 Å². The highest BCUT2D eigenvalue weighted by atomic mass is 16.5. The lowest BCUT2D eigenvalue weighted by Gasteiger charge is -2.33. The molecule has 9 nitrogen and oxygen atoms in total. The number of amides is 3. The van der Waals surface area contributed by atoms with Crippen molar-refractivity contribution in [2.45, 2.75) is 38.3 Å². The molecule has 0 saturated carbocycles. The lowest BCUT2D eigenvalue weighted by molar-refractivity contribution is -0.542. The summed E-state index contributed by atoms with van der Waals surface area (Å²) in [7, 11) is 3.11. The first-order chi connectivity index (χ1) is 14.9. The Balaban J connectivity index is 1.56. The van der Waals surface area contributed by atoms with Crippen LogP contribution < -0.4 is 4.74 Å². The number of amidine groups is 1. The average Bonchev–Trinajstić information content (AvgIpc) is 3.15. The smallest absolute Gasteiger partial charge is 0.392 e. The predicted octanol–water partition coefficient (Wildman–Crippen LogP) is 0.894. The second-order valence-electron chi connectivity index (χ2n) is 8.39. The van der Waals surface area contributed by atoms with Crippen LogP contribution in [0.3, 0.4) is 0 Å². The number of carbonyl (C=O) groups excluding carboxylic acids is 2. The molecular formula is C22H30N5O4+. The van der Waals surface area contributed by atoms with Crippen molar-refractivity contribution < 1.29 is 24.0 Å². The lowest BCUT2D eigenvalue weighted by atomic mass is 10.1. The molecule has 2 atom stereocenters. The van der Waals surface area contributed by atoms with Crippen molar-refractivity contribution in [1.82, 2.24) is 14.7 Å². The number of piperidine rings is 1. The van der Waals surface area contributed by atoms with Crippen molar-refractivity contribution in [1.29, 1.82) is 0 Å². The Bertz CT molecular complexity index is 918. The number of aliphatic hydroxyl groups excluding tert-OH is 1. The molecule has 1 aromatic rings. The predicted molar refractivity (Wildman–Crippen MR) is 115 cm³/mol. The molecule has 1 aromatic carbocycles. The normalized spacial score (nSPS) is 22.6. The summed E-state index contributed by atoms with van der Waals surface area (Å²) in [5, 5.41) is 10.7. The molecule has 31 heavy (non-hydrogen) atoms. The highest BCUT2D eigenvalue weighted by Gasteiger charge is 2.55. The number of aliphatic hydroxyl groups is 1. The first-order valence-electron chi connectivity index (χ1n) is 10.8. The van der Waals surface area contributed by atoms with E-state index in [1.54, 1.807) is 7.05 Å². The molecule has 0 aromatic heterocycles. The van der Waals surface area contributed by atoms with Crippen molar-refractivity contribution in [3.05, 3.63) is 29.8 Å². The Morgan fingerprint density at radius 2 is 1.81 bits per heavy atom. The number of guanidine groups is 1. The van der Waals surface area contributed by atoms with E-state index in [0.29, 0.717) is 17.5 Å². The van der Waals surface area contributed by atoms with Gasteiger partial charge in [0.05, 0.1) is 19.6 Å². The maximum Gasteiger partial charge on any atom is 0.392 e. The van der Waals surface area contributed by atoms with Gasteiger partial charge in [0.1, 0.15) is 18.5 Å². The van der Waals surface area contributed by atoms with Crippen LogP contribution in [0.2, 0.25) is 0 Å². The zero-order valence-corrected chi connectivity index (χ0v) is 18.3. The molecule has 2 fully saturated rings. The molecule has 1 N–H and O–H groups in total. The van der Waals surface area contributed by atoms with E-state index in [9.17, 15) is 14.7 Å². The van der Waals surface area contributed by atoms with Gasteiger partial charge in [-0.2, -0.15) is 0 Å². The van der Waals surface area contributed by atoms with Gasteiger partial charge in [-0.05, 0) is 38.3 Å². The van der Waals surface area contributed by atoms with Gasteiger partial charge < -0.3 is 9.84 Å². The topological polar surface area (TPSA) is 88.7 Å². The number of urea groups is 1. The number of benzene rings is 1. The van der Waals surface area contributed by atoms with Crippen LogP contribution >= 0.6 is 0 Å². The summed E-state index contributed by atoms with van der Waals surface area (Å²) >= 11 is 0. The molecule has 4 rings (SSSR count). The molecule has 3 aliphatic rings. The molecule has 3 heterocycles. The van der Waals surface area contributed by atoms with Crippen molar-refractivity contribution in [2.24, 2.45) is 4.99 Å². The van der Waals surface area contributed by atoms with Crippen LogP contribution in [0, 0.1) is 6.92 Å². The Morgan fingerprint density at radius 3 is 2.48 bits per heavy atom. The second-order valence-corrected chi connectivity index (χ2v) is 8.39. The van der Waals surface area contributed by atoms with Crippen LogP contribution in [0.25, 0.3) is 0 Å². The third-order valence-electron chi connectivity index (χ3n) is 6.02. The number of likely N-dealkylation sites (N-methyl/N-ethyl adjacent to an activating group) is 2. The first kappa shape index (κ1) is 21.3. The second kappa shape index (κ2) is 8.66. The van der Waals surface area contributed by atoms with E-state index >= 15 is 0 Å². The zero-order valence-electron chi connectivity index (χ0n) is 18.3. The van der Waals surface area contributed by atoms with E-state index in [-0.39, 0.29) is 19.1 Å². The van der Waals surface area contributed by atoms with Crippen molar-refractivity contribution >= 4 is 23.7 Å². The van der Waals surface area contributed by atoms with Gasteiger partial charge in [-0.15, -0.1) is 0 Å². The number of imide groups is 1. The highest BCUT2D eigenvalue weighted by molar-refractivity contribution is 6.25. The minimum Gasteiger partial charge on any atom is -0.491 e. The largest absolute Gasteiger partial charge is 0.491 e. The molecule has 2 unspecified atom stereocenters. The number of hydrogen-bond acceptors (Lipinski definition) is 4. The molecule has 0 aliphatic carbocycles. The Kier molecular flexibility index (Phi) is 5.95. The fourth-order valence-corrected chi connectivity index (χ4v) is 4.23. The summed E-state index contributed by atoms with van der Waals surface area (Å²) in [6.07, 6.45) is 2.43. The van der Waals surface area contributed by atoms with E-state index in [4.69, 9.17) is 9.73 Å². The van der Waals surface area contributed by atoms with Gasteiger partial charge in [-0.1, -0.05) is 22.7 Å². The summed E-state index contributed by atoms with van der Waals surface area (Å²) in [5.74, 6) is 1.42. The van der Waals surface area contributed by atoms with Crippen LogP contribution in [0.1, 0.15) is 24.8 Å². The SMILES string of the molecule is Cc1ccc(OCC(O)CN2C(=[N+]3CCCCC3)N=C3C2C(=O)N(C)C(=O)N3C)cc1. The third-order valence-corrected chi connectivity index (χ3v) is 6.02. The summed E-state index contributed by atoms with van der Waals surface area (Å²) in [6, 6.07) is 6.51. The summed E-state index contributed by atoms with van der Waals surface area (Å²) in [4.78, 5) is 34.5. The van der Waals surface area contributed by atoms with Gasteiger partial charge >= 0.3 is 12.0 Å². The van der Waals surface area contributed by atoms with Crippen molar-refractivity contribution in [3.8, 4) is 5.75 Å². The number of rotatable bonds is 5. The number of aryl methyl sites for hydroxylation is 1. The number of nitrogens with zero attached hydrogens (tertiary/aromatic N) is 5. The van der Waals surface area contributed by atoms with Crippen LogP contribution in [0.5, 0.6) is 5.75 Å². The van der Waals surface area contributed by atoms with Crippen LogP contribution in [-0.4, -0.2) is 101 Å². The fourth-order valence-electron chi connectivity index (χ4n) is 4.23. The molecular weight excluding hydrogens is 398 g/mol. The monoisotopic (exact) mass is 428 g/mol. The molecule has 3 amide bonds. The van der Waals surface area contributed by atoms with Gasteiger partial charge in [-0.25, -0.2) is 9.69 Å². The van der Waals surface area contributed by atoms with E-state index in [2.05, 4.69) is 4.58 Å². The number of hydrogen-bond donors (Lipinski definition) is 1. The molecule has 3 aliphatic heterocycles. The Labute approximate surface area is 182 Å². The lowest BCUT2D eigenvalue weighted by Crippen LogP contribution is -2.63. The average molecular weight is 429 g/mol. The van der Waals surface area contributed by atoms with Crippen LogP contribution in [0.4, 0.5) is 4.79 Å². The molecule has 2 saturated heterocycles. The van der Waals surface area contributed by atoms with Crippen LogP contribution in [-0.2, 0) is 4.79 Å². The Hall–Kier alpha value is -2.94. The van der Waals surface area contributed by atoms with Gasteiger partial charge in [0.2, 0.25) is 11.9 Å². The molecule has 166 valence electrons. The van der Waals surface area contributed by atoms with Crippen LogP contribution in [0.15, 0.2) is 29.3 Å². The minimum atomic E-state index is -0.836. The van der Waals surface area contributed by atoms with Gasteiger partial charge in [0.15, 0.2) is 0 Å². The quantitative estimate of drug-likeness (QED) is 0.704. The summed E-state index contributed by atoms with van der Waals surface area (Å²) in [6.45, 7) is 3.95. The number of aliphatic imine (C=N–C) groups is 1. The molecule has 0 spiro atoms. The maximum atomic E-state index is 13.0. The van der Waals surface area contributed by atoms with Gasteiger partial charge in [0.25, 0.3) is 5.91 Å². The highest BCUT2D eigenvalue weighted by Crippen LogP contribution is 2.24. The van der Waals surface area contributed by atoms with Gasteiger partial charge in [0, 0.05) is 14.1 Å². The third kappa shape index (κ3) is 4.14. The Morgan fingerprint density at radius 1 is 1.13 bits per heavy atom. The maximum absolute atomic E-state index is 13.0. The summed E-state index contributed by atoms with van der Waals surface area (Å²) < 4.78 is 7.89. The standard InChI is InChI=1S/C22H30N5O4/c1-15-7-9-17(10-8-15)31-14-16(28)13-27-18-19(24(2)22(30)25(3)20(18)29)23-21(27)26-11-5-4-6-12-26/h7-10,16,18,28H,4-6,11-14H2,1-3H3/q+1. The van der Waals surface area contributed by atoms with E-state index in [0.717, 1.165) is 42.8 Å². The number of fused-ring (bicyclic) bond motifs is 1. The number of β-amino-alcohol motifs (C(OH)–C–C–N with tert-alkyl or cyclic N) is 1. The first-order valence-corrected chi connectivity index (χ1v) is 10.8. The van der Waals surface area contributed by atoms with E-state index < -0.39 is 18.2 Å².